The number of rotatable bonds is 37. The van der Waals surface area contributed by atoms with E-state index >= 15 is 0 Å². The number of aliphatic hydroxyl groups excluding tert-OH is 1. The summed E-state index contributed by atoms with van der Waals surface area (Å²) < 4.78 is 10.4. The van der Waals surface area contributed by atoms with Gasteiger partial charge in [-0.25, -0.2) is 0 Å². The van der Waals surface area contributed by atoms with E-state index in [2.05, 4.69) is 27.7 Å². The van der Waals surface area contributed by atoms with Crippen LogP contribution in [0.4, 0.5) is 0 Å². The Morgan fingerprint density at radius 3 is 0.830 bits per heavy atom. The lowest BCUT2D eigenvalue weighted by Gasteiger charge is -2.12. The molecule has 0 fully saturated rings. The van der Waals surface area contributed by atoms with E-state index in [1.165, 1.54) is 161 Å². The summed E-state index contributed by atoms with van der Waals surface area (Å²) in [5.74, 6) is 1.14. The lowest BCUT2D eigenvalue weighted by molar-refractivity contribution is -0.152. The van der Waals surface area contributed by atoms with E-state index in [1.807, 2.05) is 0 Å². The van der Waals surface area contributed by atoms with Crippen LogP contribution in [-0.4, -0.2) is 36.4 Å². The maximum atomic E-state index is 12.0. The van der Waals surface area contributed by atoms with Gasteiger partial charge in [-0.2, -0.15) is 0 Å². The number of carbonyl (C=O) groups excluding carboxylic acids is 2. The van der Waals surface area contributed by atoms with Crippen LogP contribution in [-0.2, 0) is 19.1 Å². The molecule has 0 saturated carbocycles. The highest BCUT2D eigenvalue weighted by Crippen LogP contribution is 2.16. The molecule has 0 aliphatic rings. The zero-order valence-electron chi connectivity index (χ0n) is 32.1. The van der Waals surface area contributed by atoms with E-state index in [0.717, 1.165) is 37.5 Å². The van der Waals surface area contributed by atoms with Crippen molar-refractivity contribution < 1.29 is 24.2 Å². The summed E-state index contributed by atoms with van der Waals surface area (Å²) in [6.45, 7) is 9.03. The molecule has 47 heavy (non-hydrogen) atoms. The second kappa shape index (κ2) is 36.2. The molecule has 0 heterocycles. The molecule has 280 valence electrons. The fourth-order valence-corrected chi connectivity index (χ4v) is 6.28. The number of ether oxygens (including phenoxy) is 2. The SMILES string of the molecule is CC(C)CCCCCCCCCCCCCCCCCCC(=O)OC[C@H](O)COC(=O)CCCCCCCCCCCCCC(C)C. The molecule has 0 spiro atoms. The van der Waals surface area contributed by atoms with Gasteiger partial charge in [0.05, 0.1) is 0 Å². The fourth-order valence-electron chi connectivity index (χ4n) is 6.28. The van der Waals surface area contributed by atoms with Gasteiger partial charge in [-0.1, -0.05) is 201 Å². The predicted octanol–water partition coefficient (Wildman–Crippen LogP) is 12.8. The van der Waals surface area contributed by atoms with Crippen molar-refractivity contribution in [3.05, 3.63) is 0 Å². The van der Waals surface area contributed by atoms with Gasteiger partial charge in [0, 0.05) is 12.8 Å². The number of hydrogen-bond acceptors (Lipinski definition) is 5. The Balaban J connectivity index is 3.37. The highest BCUT2D eigenvalue weighted by molar-refractivity contribution is 5.69. The topological polar surface area (TPSA) is 72.8 Å². The van der Waals surface area contributed by atoms with Crippen molar-refractivity contribution in [1.29, 1.82) is 0 Å². The van der Waals surface area contributed by atoms with Crippen molar-refractivity contribution in [2.24, 2.45) is 11.8 Å². The van der Waals surface area contributed by atoms with E-state index in [0.29, 0.717) is 12.8 Å². The maximum absolute atomic E-state index is 12.0. The average Bonchev–Trinajstić information content (AvgIpc) is 3.04. The summed E-state index contributed by atoms with van der Waals surface area (Å²) in [4.78, 5) is 23.9. The smallest absolute Gasteiger partial charge is 0.305 e. The third-order valence-electron chi connectivity index (χ3n) is 9.45. The first-order valence-corrected chi connectivity index (χ1v) is 20.8. The Morgan fingerprint density at radius 2 is 0.596 bits per heavy atom. The molecule has 0 amide bonds. The van der Waals surface area contributed by atoms with Gasteiger partial charge in [0.2, 0.25) is 0 Å². The molecular weight excluding hydrogens is 584 g/mol. The van der Waals surface area contributed by atoms with Gasteiger partial charge in [0.1, 0.15) is 19.3 Å². The molecule has 1 N–H and O–H groups in total. The third-order valence-corrected chi connectivity index (χ3v) is 9.45. The van der Waals surface area contributed by atoms with E-state index < -0.39 is 6.10 Å². The third kappa shape index (κ3) is 39.2. The van der Waals surface area contributed by atoms with Gasteiger partial charge < -0.3 is 14.6 Å². The minimum Gasteiger partial charge on any atom is -0.463 e. The van der Waals surface area contributed by atoms with Crippen molar-refractivity contribution >= 4 is 11.9 Å². The van der Waals surface area contributed by atoms with Gasteiger partial charge in [0.15, 0.2) is 0 Å². The second-order valence-electron chi connectivity index (χ2n) is 15.4. The minimum atomic E-state index is -0.956. The largest absolute Gasteiger partial charge is 0.463 e. The van der Waals surface area contributed by atoms with Crippen LogP contribution in [0.25, 0.3) is 0 Å². The molecule has 1 atom stereocenters. The standard InChI is InChI=1S/C42H82O5/c1-38(2)32-28-24-20-16-12-9-7-5-6-8-10-14-18-22-26-30-34-41(44)46-36-40(43)37-47-42(45)35-31-27-23-19-15-11-13-17-21-25-29-33-39(3)4/h38-40,43H,5-37H2,1-4H3/t40-/m0/s1. The molecule has 0 saturated heterocycles. The Morgan fingerprint density at radius 1 is 0.383 bits per heavy atom. The predicted molar refractivity (Wildman–Crippen MR) is 201 cm³/mol. The first-order valence-electron chi connectivity index (χ1n) is 20.8. The van der Waals surface area contributed by atoms with E-state index in [4.69, 9.17) is 9.47 Å². The van der Waals surface area contributed by atoms with Crippen molar-refractivity contribution in [2.75, 3.05) is 13.2 Å². The zero-order chi connectivity index (χ0) is 34.6. The first kappa shape index (κ1) is 45.9. The Labute approximate surface area is 293 Å². The highest BCUT2D eigenvalue weighted by atomic mass is 16.6. The highest BCUT2D eigenvalue weighted by Gasteiger charge is 2.12. The van der Waals surface area contributed by atoms with Crippen molar-refractivity contribution in [1.82, 2.24) is 0 Å². The van der Waals surface area contributed by atoms with Crippen LogP contribution in [0.1, 0.15) is 227 Å². The number of hydrogen-bond donors (Lipinski definition) is 1. The minimum absolute atomic E-state index is 0.109. The van der Waals surface area contributed by atoms with Crippen molar-refractivity contribution in [2.45, 2.75) is 233 Å². The van der Waals surface area contributed by atoms with E-state index in [-0.39, 0.29) is 25.2 Å². The maximum Gasteiger partial charge on any atom is 0.305 e. The zero-order valence-corrected chi connectivity index (χ0v) is 32.1. The average molecular weight is 667 g/mol. The lowest BCUT2D eigenvalue weighted by atomic mass is 10.0. The second-order valence-corrected chi connectivity index (χ2v) is 15.4. The Kier molecular flexibility index (Phi) is 35.3. The molecular formula is C42H82O5. The molecule has 0 aliphatic carbocycles. The molecule has 0 rings (SSSR count). The molecule has 0 bridgehead atoms. The quantitative estimate of drug-likeness (QED) is 0.0527. The van der Waals surface area contributed by atoms with Crippen molar-refractivity contribution in [3.63, 3.8) is 0 Å². The summed E-state index contributed by atoms with van der Waals surface area (Å²) in [6, 6.07) is 0. The van der Waals surface area contributed by atoms with E-state index in [1.54, 1.807) is 0 Å². The van der Waals surface area contributed by atoms with Crippen LogP contribution < -0.4 is 0 Å². The fraction of sp³-hybridized carbons (Fsp3) is 0.952. The van der Waals surface area contributed by atoms with Crippen LogP contribution >= 0.6 is 0 Å². The lowest BCUT2D eigenvalue weighted by Crippen LogP contribution is -2.25. The van der Waals surface area contributed by atoms with Crippen LogP contribution in [0.15, 0.2) is 0 Å². The van der Waals surface area contributed by atoms with Gasteiger partial charge >= 0.3 is 11.9 Å². The van der Waals surface area contributed by atoms with Gasteiger partial charge in [-0.05, 0) is 24.7 Å². The first-order chi connectivity index (χ1) is 22.8. The van der Waals surface area contributed by atoms with Gasteiger partial charge in [-0.15, -0.1) is 0 Å². The summed E-state index contributed by atoms with van der Waals surface area (Å²) >= 11 is 0. The molecule has 0 aromatic carbocycles. The molecule has 0 unspecified atom stereocenters. The molecule has 0 radical (unpaired) electrons. The van der Waals surface area contributed by atoms with Crippen LogP contribution in [0.3, 0.4) is 0 Å². The van der Waals surface area contributed by atoms with E-state index in [9.17, 15) is 14.7 Å². The van der Waals surface area contributed by atoms with Gasteiger partial charge in [0.25, 0.3) is 0 Å². The summed E-state index contributed by atoms with van der Waals surface area (Å²) in [5, 5.41) is 10.0. The van der Waals surface area contributed by atoms with Crippen LogP contribution in [0.5, 0.6) is 0 Å². The number of aliphatic hydroxyl groups is 1. The number of esters is 2. The Bertz CT molecular complexity index is 661. The molecule has 5 nitrogen and oxygen atoms in total. The molecule has 0 aliphatic heterocycles. The normalized spacial score (nSPS) is 12.2. The Hall–Kier alpha value is -1.10. The summed E-state index contributed by atoms with van der Waals surface area (Å²) in [7, 11) is 0. The van der Waals surface area contributed by atoms with Crippen LogP contribution in [0, 0.1) is 11.8 Å². The monoisotopic (exact) mass is 667 g/mol. The molecule has 0 aromatic rings. The number of unbranched alkanes of at least 4 members (excludes halogenated alkanes) is 25. The van der Waals surface area contributed by atoms with Gasteiger partial charge in [-0.3, -0.25) is 9.59 Å². The molecule has 0 aromatic heterocycles. The number of carbonyl (C=O) groups is 2. The summed E-state index contributed by atoms with van der Waals surface area (Å²) in [6.07, 6.45) is 37.3. The van der Waals surface area contributed by atoms with Crippen LogP contribution in [0.2, 0.25) is 0 Å². The van der Waals surface area contributed by atoms with Crippen molar-refractivity contribution in [3.8, 4) is 0 Å². The summed E-state index contributed by atoms with van der Waals surface area (Å²) in [5.41, 5.74) is 0. The molecule has 5 heteroatoms.